The minimum Gasteiger partial charge on any atom is -0.395 e. The van der Waals surface area contributed by atoms with Gasteiger partial charge in [-0.25, -0.2) is 0 Å². The van der Waals surface area contributed by atoms with Crippen LogP contribution in [0.3, 0.4) is 0 Å². The van der Waals surface area contributed by atoms with E-state index in [1.165, 1.54) is 0 Å². The fourth-order valence-corrected chi connectivity index (χ4v) is 3.81. The van der Waals surface area contributed by atoms with E-state index >= 15 is 0 Å². The van der Waals surface area contributed by atoms with Gasteiger partial charge in [-0.3, -0.25) is 9.69 Å². The Morgan fingerprint density at radius 2 is 1.65 bits per heavy atom. The summed E-state index contributed by atoms with van der Waals surface area (Å²) in [6.45, 7) is 14.5. The molecule has 116 valence electrons. The van der Waals surface area contributed by atoms with E-state index in [4.69, 9.17) is 0 Å². The van der Waals surface area contributed by atoms with Gasteiger partial charge in [-0.2, -0.15) is 0 Å². The summed E-state index contributed by atoms with van der Waals surface area (Å²) in [5.74, 6) is 0.498. The monoisotopic (exact) mass is 282 g/mol. The molecule has 2 fully saturated rings. The highest BCUT2D eigenvalue weighted by atomic mass is 16.3. The Labute approximate surface area is 123 Å². The zero-order valence-corrected chi connectivity index (χ0v) is 13.6. The summed E-state index contributed by atoms with van der Waals surface area (Å²) in [5, 5.41) is 9.37. The molecular formula is C16H30N2O2. The molecule has 2 aliphatic rings. The minimum atomic E-state index is 0.123. The van der Waals surface area contributed by atoms with E-state index in [0.29, 0.717) is 5.91 Å². The maximum atomic E-state index is 12.7. The lowest BCUT2D eigenvalue weighted by atomic mass is 10.0. The second-order valence-electron chi connectivity index (χ2n) is 7.48. The lowest BCUT2D eigenvalue weighted by Crippen LogP contribution is -2.53. The lowest BCUT2D eigenvalue weighted by molar-refractivity contribution is -0.136. The van der Waals surface area contributed by atoms with Gasteiger partial charge in [0.15, 0.2) is 0 Å². The molecule has 1 heterocycles. The number of carbonyl (C=O) groups is 1. The molecule has 4 nitrogen and oxygen atoms in total. The minimum absolute atomic E-state index is 0.123. The van der Waals surface area contributed by atoms with Crippen LogP contribution in [0, 0.1) is 16.7 Å². The van der Waals surface area contributed by atoms with Gasteiger partial charge in [-0.05, 0) is 17.3 Å². The van der Waals surface area contributed by atoms with Gasteiger partial charge in [0.25, 0.3) is 0 Å². The van der Waals surface area contributed by atoms with Gasteiger partial charge in [0.2, 0.25) is 5.91 Å². The third kappa shape index (κ3) is 2.37. The molecule has 1 unspecified atom stereocenters. The summed E-state index contributed by atoms with van der Waals surface area (Å²) < 4.78 is 0. The average molecular weight is 282 g/mol. The van der Waals surface area contributed by atoms with Crippen molar-refractivity contribution in [3.05, 3.63) is 0 Å². The summed E-state index contributed by atoms with van der Waals surface area (Å²) in [4.78, 5) is 17.0. The molecule has 2 rings (SSSR count). The van der Waals surface area contributed by atoms with Crippen LogP contribution in [0.5, 0.6) is 0 Å². The van der Waals surface area contributed by atoms with Gasteiger partial charge < -0.3 is 10.0 Å². The van der Waals surface area contributed by atoms with Crippen LogP contribution in [-0.4, -0.2) is 59.6 Å². The molecule has 0 bridgehead atoms. The maximum absolute atomic E-state index is 12.7. The number of hydrogen-bond acceptors (Lipinski definition) is 3. The van der Waals surface area contributed by atoms with Gasteiger partial charge in [0.1, 0.15) is 0 Å². The Morgan fingerprint density at radius 1 is 1.15 bits per heavy atom. The summed E-state index contributed by atoms with van der Waals surface area (Å²) in [7, 11) is 0. The molecule has 0 aromatic heterocycles. The number of rotatable bonds is 4. The Kier molecular flexibility index (Phi) is 4.18. The highest BCUT2D eigenvalue weighted by Gasteiger charge is 2.68. The molecule has 1 amide bonds. The fraction of sp³-hybridized carbons (Fsp3) is 0.938. The highest BCUT2D eigenvalue weighted by Crippen LogP contribution is 2.68. The molecule has 1 atom stereocenters. The predicted molar refractivity (Wildman–Crippen MR) is 80.4 cm³/mol. The Bertz CT molecular complexity index is 353. The smallest absolute Gasteiger partial charge is 0.226 e. The van der Waals surface area contributed by atoms with E-state index in [1.807, 2.05) is 4.90 Å². The number of carbonyl (C=O) groups excluding carboxylic acids is 1. The third-order valence-corrected chi connectivity index (χ3v) is 6.09. The van der Waals surface area contributed by atoms with Crippen molar-refractivity contribution in [2.24, 2.45) is 16.7 Å². The second kappa shape index (κ2) is 5.30. The summed E-state index contributed by atoms with van der Waals surface area (Å²) in [5.41, 5.74) is 0.247. The Balaban J connectivity index is 1.91. The molecule has 1 aliphatic heterocycles. The van der Waals surface area contributed by atoms with Crippen molar-refractivity contribution >= 4 is 5.91 Å². The second-order valence-corrected chi connectivity index (χ2v) is 7.48. The summed E-state index contributed by atoms with van der Waals surface area (Å²) in [6.07, 6.45) is 0.965. The van der Waals surface area contributed by atoms with Crippen LogP contribution in [0.4, 0.5) is 0 Å². The van der Waals surface area contributed by atoms with E-state index in [9.17, 15) is 9.90 Å². The number of piperazine rings is 1. The first-order valence-corrected chi connectivity index (χ1v) is 7.91. The molecule has 1 saturated heterocycles. The molecular weight excluding hydrogens is 252 g/mol. The molecule has 0 spiro atoms. The van der Waals surface area contributed by atoms with E-state index in [-0.39, 0.29) is 29.4 Å². The van der Waals surface area contributed by atoms with Crippen LogP contribution < -0.4 is 0 Å². The van der Waals surface area contributed by atoms with E-state index < -0.39 is 0 Å². The van der Waals surface area contributed by atoms with Crippen LogP contribution in [0.15, 0.2) is 0 Å². The largest absolute Gasteiger partial charge is 0.395 e. The standard InChI is InChI=1S/C16H30N2O2/c1-6-12(11-19)17-7-9-18(10-8-17)14(20)13-15(2,3)16(13,4)5/h12-13,19H,6-11H2,1-5H3. The zero-order valence-electron chi connectivity index (χ0n) is 13.6. The molecule has 1 N–H and O–H groups in total. The SMILES string of the molecule is CCC(CO)N1CCN(C(=O)C2C(C)(C)C2(C)C)CC1. The first-order valence-electron chi connectivity index (χ1n) is 7.91. The Morgan fingerprint density at radius 3 is 2.00 bits per heavy atom. The first kappa shape index (κ1) is 15.8. The predicted octanol–water partition coefficient (Wildman–Crippen LogP) is 1.58. The van der Waals surface area contributed by atoms with Crippen molar-refractivity contribution in [3.63, 3.8) is 0 Å². The normalized spacial score (nSPS) is 27.4. The molecule has 1 aliphatic carbocycles. The third-order valence-electron chi connectivity index (χ3n) is 6.09. The molecule has 0 radical (unpaired) electrons. The topological polar surface area (TPSA) is 43.8 Å². The van der Waals surface area contributed by atoms with Crippen molar-refractivity contribution in [3.8, 4) is 0 Å². The number of aliphatic hydroxyl groups is 1. The maximum Gasteiger partial charge on any atom is 0.226 e. The van der Waals surface area contributed by atoms with Crippen LogP contribution in [0.25, 0.3) is 0 Å². The quantitative estimate of drug-likeness (QED) is 0.851. The molecule has 20 heavy (non-hydrogen) atoms. The molecule has 1 saturated carbocycles. The van der Waals surface area contributed by atoms with Crippen molar-refractivity contribution < 1.29 is 9.90 Å². The van der Waals surface area contributed by atoms with Gasteiger partial charge in [-0.15, -0.1) is 0 Å². The summed E-state index contributed by atoms with van der Waals surface area (Å²) >= 11 is 0. The zero-order chi connectivity index (χ0) is 15.1. The highest BCUT2D eigenvalue weighted by molar-refractivity contribution is 5.84. The van der Waals surface area contributed by atoms with E-state index in [1.54, 1.807) is 0 Å². The first-order chi connectivity index (χ1) is 9.27. The van der Waals surface area contributed by atoms with Crippen molar-refractivity contribution in [1.82, 2.24) is 9.80 Å². The number of aliphatic hydroxyl groups excluding tert-OH is 1. The van der Waals surface area contributed by atoms with Crippen LogP contribution >= 0.6 is 0 Å². The van der Waals surface area contributed by atoms with Gasteiger partial charge in [0.05, 0.1) is 6.61 Å². The van der Waals surface area contributed by atoms with Gasteiger partial charge in [0, 0.05) is 38.1 Å². The van der Waals surface area contributed by atoms with Crippen LogP contribution in [0.1, 0.15) is 41.0 Å². The van der Waals surface area contributed by atoms with Crippen molar-refractivity contribution in [1.29, 1.82) is 0 Å². The van der Waals surface area contributed by atoms with Crippen molar-refractivity contribution in [2.75, 3.05) is 32.8 Å². The lowest BCUT2D eigenvalue weighted by Gasteiger charge is -2.38. The number of nitrogens with zero attached hydrogens (tertiary/aromatic N) is 2. The van der Waals surface area contributed by atoms with Crippen LogP contribution in [0.2, 0.25) is 0 Å². The molecule has 0 aromatic rings. The van der Waals surface area contributed by atoms with E-state index in [0.717, 1.165) is 32.6 Å². The van der Waals surface area contributed by atoms with Gasteiger partial charge in [-0.1, -0.05) is 34.6 Å². The number of hydrogen-bond donors (Lipinski definition) is 1. The van der Waals surface area contributed by atoms with Crippen molar-refractivity contribution in [2.45, 2.75) is 47.1 Å². The van der Waals surface area contributed by atoms with E-state index in [2.05, 4.69) is 39.5 Å². The fourth-order valence-electron chi connectivity index (χ4n) is 3.81. The molecule has 4 heteroatoms. The van der Waals surface area contributed by atoms with Crippen LogP contribution in [-0.2, 0) is 4.79 Å². The average Bonchev–Trinajstić information content (AvgIpc) is 2.81. The summed E-state index contributed by atoms with van der Waals surface area (Å²) in [6, 6.07) is 0.251. The number of amides is 1. The Hall–Kier alpha value is -0.610. The molecule has 0 aromatic carbocycles. The van der Waals surface area contributed by atoms with Gasteiger partial charge >= 0.3 is 0 Å².